The molecule has 0 aromatic heterocycles. The van der Waals surface area contributed by atoms with E-state index in [0.717, 1.165) is 38.5 Å². The number of benzene rings is 2. The predicted molar refractivity (Wildman–Crippen MR) is 85.8 cm³/mol. The maximum atomic E-state index is 13.1. The van der Waals surface area contributed by atoms with Crippen LogP contribution in [0.2, 0.25) is 0 Å². The van der Waals surface area contributed by atoms with Gasteiger partial charge in [0.1, 0.15) is 5.82 Å². The molecule has 0 aliphatic heterocycles. The number of nitrogens with one attached hydrogen (secondary N) is 1. The van der Waals surface area contributed by atoms with E-state index in [0.29, 0.717) is 5.56 Å². The molecular formula is C16H16F4NO3P. The lowest BCUT2D eigenvalue weighted by atomic mass is 10.1. The summed E-state index contributed by atoms with van der Waals surface area (Å²) in [6, 6.07) is 9.41. The fourth-order valence-electron chi connectivity index (χ4n) is 2.22. The molecule has 0 bridgehead atoms. The summed E-state index contributed by atoms with van der Waals surface area (Å²) >= 11 is 0. The summed E-state index contributed by atoms with van der Waals surface area (Å²) in [5.74, 6) is -1.63. The summed E-state index contributed by atoms with van der Waals surface area (Å²) in [5, 5.41) is 2.73. The van der Waals surface area contributed by atoms with Gasteiger partial charge in [-0.3, -0.25) is 4.57 Å². The number of halogens is 4. The molecule has 0 aliphatic rings. The van der Waals surface area contributed by atoms with Crippen LogP contribution in [0, 0.1) is 5.82 Å². The first-order valence-electron chi connectivity index (χ1n) is 7.10. The second-order valence-corrected chi connectivity index (χ2v) is 7.41. The van der Waals surface area contributed by atoms with Gasteiger partial charge >= 0.3 is 13.8 Å². The van der Waals surface area contributed by atoms with E-state index < -0.39 is 30.9 Å². The molecule has 0 heterocycles. The van der Waals surface area contributed by atoms with Gasteiger partial charge in [-0.05, 0) is 35.9 Å². The van der Waals surface area contributed by atoms with Crippen LogP contribution in [0.3, 0.4) is 0 Å². The summed E-state index contributed by atoms with van der Waals surface area (Å²) < 4.78 is 74.5. The molecule has 25 heavy (non-hydrogen) atoms. The Balaban J connectivity index is 2.44. The van der Waals surface area contributed by atoms with E-state index in [9.17, 15) is 22.1 Å². The van der Waals surface area contributed by atoms with E-state index in [1.54, 1.807) is 0 Å². The second kappa shape index (κ2) is 7.56. The first-order valence-corrected chi connectivity index (χ1v) is 8.71. The first-order chi connectivity index (χ1) is 11.7. The van der Waals surface area contributed by atoms with E-state index in [4.69, 9.17) is 9.05 Å². The molecule has 0 aliphatic carbocycles. The number of alkyl halides is 3. The molecule has 9 heteroatoms. The van der Waals surface area contributed by atoms with Crippen LogP contribution in [0.25, 0.3) is 0 Å². The Morgan fingerprint density at radius 3 is 2.16 bits per heavy atom. The molecule has 0 saturated carbocycles. The molecule has 0 spiro atoms. The molecule has 0 radical (unpaired) electrons. The van der Waals surface area contributed by atoms with E-state index in [1.807, 2.05) is 0 Å². The molecule has 1 unspecified atom stereocenters. The van der Waals surface area contributed by atoms with Crippen molar-refractivity contribution in [3.05, 3.63) is 65.5 Å². The second-order valence-electron chi connectivity index (χ2n) is 5.08. The van der Waals surface area contributed by atoms with Crippen molar-refractivity contribution < 1.29 is 31.2 Å². The third-order valence-corrected chi connectivity index (χ3v) is 5.58. The minimum Gasteiger partial charge on any atom is -0.368 e. The summed E-state index contributed by atoms with van der Waals surface area (Å²) in [4.78, 5) is 0. The van der Waals surface area contributed by atoms with Crippen molar-refractivity contribution in [2.45, 2.75) is 12.0 Å². The minimum atomic E-state index is -4.52. The molecule has 0 amide bonds. The molecule has 0 fully saturated rings. The highest BCUT2D eigenvalue weighted by molar-refractivity contribution is 7.54. The average Bonchev–Trinajstić information content (AvgIpc) is 2.59. The van der Waals surface area contributed by atoms with E-state index in [1.165, 1.54) is 24.3 Å². The van der Waals surface area contributed by atoms with Gasteiger partial charge in [0.15, 0.2) is 5.78 Å². The fraction of sp³-hybridized carbons (Fsp3) is 0.250. The fourth-order valence-corrected chi connectivity index (χ4v) is 3.63. The lowest BCUT2D eigenvalue weighted by molar-refractivity contribution is -0.137. The van der Waals surface area contributed by atoms with Crippen LogP contribution in [-0.4, -0.2) is 14.2 Å². The van der Waals surface area contributed by atoms with Gasteiger partial charge in [0, 0.05) is 19.9 Å². The van der Waals surface area contributed by atoms with Crippen molar-refractivity contribution >= 4 is 13.3 Å². The van der Waals surface area contributed by atoms with Crippen LogP contribution >= 0.6 is 7.60 Å². The van der Waals surface area contributed by atoms with Crippen molar-refractivity contribution in [2.75, 3.05) is 19.5 Å². The van der Waals surface area contributed by atoms with Crippen LogP contribution in [0.4, 0.5) is 23.2 Å². The number of rotatable bonds is 6. The smallest absolute Gasteiger partial charge is 0.368 e. The Bertz CT molecular complexity index is 757. The van der Waals surface area contributed by atoms with Crippen LogP contribution in [0.5, 0.6) is 0 Å². The zero-order valence-corrected chi connectivity index (χ0v) is 14.3. The number of hydrogen-bond acceptors (Lipinski definition) is 4. The molecule has 2 aromatic rings. The zero-order chi connectivity index (χ0) is 18.7. The molecule has 0 saturated heterocycles. The van der Waals surface area contributed by atoms with Crippen molar-refractivity contribution in [1.82, 2.24) is 0 Å². The molecule has 4 nitrogen and oxygen atoms in total. The van der Waals surface area contributed by atoms with Crippen molar-refractivity contribution in [3.63, 3.8) is 0 Å². The Morgan fingerprint density at radius 1 is 1.04 bits per heavy atom. The number of anilines is 1. The normalized spacial score (nSPS) is 13.5. The van der Waals surface area contributed by atoms with Gasteiger partial charge in [-0.2, -0.15) is 13.2 Å². The van der Waals surface area contributed by atoms with E-state index in [2.05, 4.69) is 5.32 Å². The summed E-state index contributed by atoms with van der Waals surface area (Å²) in [5.41, 5.74) is -0.454. The Kier molecular flexibility index (Phi) is 5.87. The van der Waals surface area contributed by atoms with Gasteiger partial charge in [0.05, 0.1) is 5.56 Å². The first kappa shape index (κ1) is 19.4. The van der Waals surface area contributed by atoms with Crippen LogP contribution in [0.15, 0.2) is 48.5 Å². The van der Waals surface area contributed by atoms with Gasteiger partial charge in [-0.15, -0.1) is 0 Å². The maximum absolute atomic E-state index is 13.1. The maximum Gasteiger partial charge on any atom is 0.416 e. The molecule has 1 atom stereocenters. The minimum absolute atomic E-state index is 0.0680. The molecular weight excluding hydrogens is 361 g/mol. The Hall–Kier alpha value is -1.89. The summed E-state index contributed by atoms with van der Waals surface area (Å²) in [6.07, 6.45) is -4.52. The monoisotopic (exact) mass is 377 g/mol. The quantitative estimate of drug-likeness (QED) is 0.538. The molecule has 2 aromatic carbocycles. The van der Waals surface area contributed by atoms with Gasteiger partial charge in [0.2, 0.25) is 0 Å². The molecule has 136 valence electrons. The average molecular weight is 377 g/mol. The third kappa shape index (κ3) is 4.60. The van der Waals surface area contributed by atoms with Crippen molar-refractivity contribution in [1.29, 1.82) is 0 Å². The molecule has 2 rings (SSSR count). The van der Waals surface area contributed by atoms with Crippen LogP contribution < -0.4 is 5.32 Å². The zero-order valence-electron chi connectivity index (χ0n) is 13.4. The lowest BCUT2D eigenvalue weighted by Crippen LogP contribution is -2.14. The SMILES string of the molecule is COP(=O)(OC)C(Nc1cccc(C(F)(F)F)c1)c1ccc(F)cc1. The standard InChI is InChI=1S/C16H16F4NO3P/c1-23-25(22,24-2)15(11-6-8-13(17)9-7-11)21-14-5-3-4-12(10-14)16(18,19)20/h3-10,15,21H,1-2H3. The Morgan fingerprint density at radius 2 is 1.64 bits per heavy atom. The highest BCUT2D eigenvalue weighted by Crippen LogP contribution is 2.59. The van der Waals surface area contributed by atoms with E-state index >= 15 is 0 Å². The number of hydrogen-bond donors (Lipinski definition) is 1. The van der Waals surface area contributed by atoms with Crippen molar-refractivity contribution in [2.24, 2.45) is 0 Å². The molecule has 1 N–H and O–H groups in total. The predicted octanol–water partition coefficient (Wildman–Crippen LogP) is 5.44. The lowest BCUT2D eigenvalue weighted by Gasteiger charge is -2.26. The van der Waals surface area contributed by atoms with Crippen molar-refractivity contribution in [3.8, 4) is 0 Å². The third-order valence-electron chi connectivity index (χ3n) is 3.50. The van der Waals surface area contributed by atoms with E-state index in [-0.39, 0.29) is 5.69 Å². The van der Waals surface area contributed by atoms with Gasteiger partial charge in [-0.1, -0.05) is 18.2 Å². The van der Waals surface area contributed by atoms with Crippen LogP contribution in [-0.2, 0) is 19.8 Å². The van der Waals surface area contributed by atoms with Gasteiger partial charge < -0.3 is 14.4 Å². The Labute approximate surface area is 142 Å². The van der Waals surface area contributed by atoms with Gasteiger partial charge in [0.25, 0.3) is 0 Å². The highest BCUT2D eigenvalue weighted by Gasteiger charge is 2.36. The summed E-state index contributed by atoms with van der Waals surface area (Å²) in [7, 11) is -1.44. The largest absolute Gasteiger partial charge is 0.416 e. The topological polar surface area (TPSA) is 47.6 Å². The summed E-state index contributed by atoms with van der Waals surface area (Å²) in [6.45, 7) is 0. The van der Waals surface area contributed by atoms with Gasteiger partial charge in [-0.25, -0.2) is 4.39 Å². The van der Waals surface area contributed by atoms with Crippen LogP contribution in [0.1, 0.15) is 16.9 Å². The highest BCUT2D eigenvalue weighted by atomic mass is 31.2.